The second-order valence-corrected chi connectivity index (χ2v) is 8.09. The average Bonchev–Trinajstić information content (AvgIpc) is 2.65. The zero-order chi connectivity index (χ0) is 22.3. The summed E-state index contributed by atoms with van der Waals surface area (Å²) in [5.74, 6) is -1.72. The van der Waals surface area contributed by atoms with E-state index >= 15 is 0 Å². The van der Waals surface area contributed by atoms with Gasteiger partial charge in [-0.3, -0.25) is 4.79 Å². The third-order valence-corrected chi connectivity index (χ3v) is 4.29. The first-order valence-electron chi connectivity index (χ1n) is 9.42. The van der Waals surface area contributed by atoms with Gasteiger partial charge in [0.2, 0.25) is 0 Å². The van der Waals surface area contributed by atoms with Gasteiger partial charge in [-0.15, -0.1) is 0 Å². The normalized spacial score (nSPS) is 12.0. The van der Waals surface area contributed by atoms with Gasteiger partial charge in [0, 0.05) is 11.6 Å². The largest absolute Gasteiger partial charge is 0.478 e. The first kappa shape index (κ1) is 23.2. The van der Waals surface area contributed by atoms with Crippen LogP contribution in [0.2, 0.25) is 5.02 Å². The van der Waals surface area contributed by atoms with Gasteiger partial charge in [-0.2, -0.15) is 0 Å². The summed E-state index contributed by atoms with van der Waals surface area (Å²) in [6.45, 7) is 5.53. The van der Waals surface area contributed by atoms with E-state index in [9.17, 15) is 19.5 Å². The maximum absolute atomic E-state index is 12.8. The molecule has 30 heavy (non-hydrogen) atoms. The summed E-state index contributed by atoms with van der Waals surface area (Å²) in [7, 11) is 0. The number of alkyl carbamates (subject to hydrolysis) is 1. The summed E-state index contributed by atoms with van der Waals surface area (Å²) in [6.07, 6.45) is -0.213. The zero-order valence-corrected chi connectivity index (χ0v) is 17.8. The van der Waals surface area contributed by atoms with Gasteiger partial charge in [-0.25, -0.2) is 9.59 Å². The molecule has 2 aromatic rings. The van der Waals surface area contributed by atoms with Crippen LogP contribution in [0.5, 0.6) is 0 Å². The molecule has 8 heteroatoms. The van der Waals surface area contributed by atoms with E-state index in [1.54, 1.807) is 57.2 Å². The molecule has 0 aliphatic rings. The number of carboxylic acids is 1. The molecule has 2 rings (SSSR count). The van der Waals surface area contributed by atoms with Gasteiger partial charge in [0.15, 0.2) is 0 Å². The molecule has 1 atom stereocenters. The summed E-state index contributed by atoms with van der Waals surface area (Å²) in [6, 6.07) is 12.4. The highest BCUT2D eigenvalue weighted by atomic mass is 35.5. The van der Waals surface area contributed by atoms with Gasteiger partial charge < -0.3 is 20.5 Å². The Morgan fingerprint density at radius 2 is 1.73 bits per heavy atom. The number of carboxylic acid groups (broad SMARTS) is 1. The molecule has 0 fully saturated rings. The number of hydrogen-bond donors (Lipinski definition) is 3. The smallest absolute Gasteiger partial charge is 0.407 e. The van der Waals surface area contributed by atoms with Gasteiger partial charge >= 0.3 is 12.1 Å². The Balaban J connectivity index is 2.16. The van der Waals surface area contributed by atoms with E-state index in [1.807, 2.05) is 0 Å². The third kappa shape index (κ3) is 7.08. The second-order valence-electron chi connectivity index (χ2n) is 7.65. The van der Waals surface area contributed by atoms with Crippen molar-refractivity contribution in [2.75, 3.05) is 6.54 Å². The quantitative estimate of drug-likeness (QED) is 0.600. The van der Waals surface area contributed by atoms with Crippen LogP contribution < -0.4 is 10.6 Å². The Bertz CT molecular complexity index is 924. The predicted octanol–water partition coefficient (Wildman–Crippen LogP) is 4.42. The van der Waals surface area contributed by atoms with Gasteiger partial charge in [0.1, 0.15) is 5.60 Å². The average molecular weight is 433 g/mol. The fourth-order valence-corrected chi connectivity index (χ4v) is 2.98. The van der Waals surface area contributed by atoms with Crippen LogP contribution in [-0.2, 0) is 4.74 Å². The second kappa shape index (κ2) is 10.1. The van der Waals surface area contributed by atoms with Crippen molar-refractivity contribution in [1.82, 2.24) is 10.6 Å². The molecule has 160 valence electrons. The standard InChI is InChI=1S/C22H25ClN2O5/c1-22(2,3)30-21(29)24-12-11-18(14-7-6-8-15(23)13-14)25-19(26)16-9-4-5-10-17(16)20(27)28/h4-10,13,18H,11-12H2,1-3H3,(H,24,29)(H,25,26)(H,27,28). The Kier molecular flexibility index (Phi) is 7.83. The lowest BCUT2D eigenvalue weighted by molar-refractivity contribution is 0.0525. The number of amides is 2. The van der Waals surface area contributed by atoms with Gasteiger partial charge in [-0.1, -0.05) is 35.9 Å². The molecule has 2 amide bonds. The van der Waals surface area contributed by atoms with Crippen molar-refractivity contribution >= 4 is 29.6 Å². The number of halogens is 1. The number of benzene rings is 2. The Morgan fingerprint density at radius 3 is 2.33 bits per heavy atom. The molecule has 0 saturated heterocycles. The lowest BCUT2D eigenvalue weighted by atomic mass is 10.0. The molecular weight excluding hydrogens is 408 g/mol. The van der Waals surface area contributed by atoms with Crippen LogP contribution in [0.3, 0.4) is 0 Å². The number of carbonyl (C=O) groups excluding carboxylic acids is 2. The molecule has 0 bridgehead atoms. The molecule has 0 heterocycles. The van der Waals surface area contributed by atoms with E-state index in [1.165, 1.54) is 12.1 Å². The van der Waals surface area contributed by atoms with E-state index in [0.29, 0.717) is 11.4 Å². The highest BCUT2D eigenvalue weighted by molar-refractivity contribution is 6.30. The van der Waals surface area contributed by atoms with E-state index in [0.717, 1.165) is 5.56 Å². The highest BCUT2D eigenvalue weighted by Crippen LogP contribution is 2.21. The number of nitrogens with one attached hydrogen (secondary N) is 2. The van der Waals surface area contributed by atoms with Crippen molar-refractivity contribution in [1.29, 1.82) is 0 Å². The molecule has 0 aliphatic carbocycles. The van der Waals surface area contributed by atoms with Gasteiger partial charge in [-0.05, 0) is 57.0 Å². The van der Waals surface area contributed by atoms with E-state index in [-0.39, 0.29) is 17.7 Å². The van der Waals surface area contributed by atoms with Crippen molar-refractivity contribution in [3.05, 3.63) is 70.2 Å². The Morgan fingerprint density at radius 1 is 1.07 bits per heavy atom. The Hall–Kier alpha value is -3.06. The van der Waals surface area contributed by atoms with Crippen LogP contribution in [0.25, 0.3) is 0 Å². The molecule has 7 nitrogen and oxygen atoms in total. The van der Waals surface area contributed by atoms with Crippen LogP contribution in [-0.4, -0.2) is 35.2 Å². The first-order chi connectivity index (χ1) is 14.1. The van der Waals surface area contributed by atoms with Crippen molar-refractivity contribution in [3.63, 3.8) is 0 Å². The summed E-state index contributed by atoms with van der Waals surface area (Å²) in [5.41, 5.74) is 0.0732. The van der Waals surface area contributed by atoms with E-state index < -0.39 is 29.6 Å². The summed E-state index contributed by atoms with van der Waals surface area (Å²) in [5, 5.41) is 15.3. The lowest BCUT2D eigenvalue weighted by Gasteiger charge is -2.22. The maximum Gasteiger partial charge on any atom is 0.407 e. The fourth-order valence-electron chi connectivity index (χ4n) is 2.78. The fraction of sp³-hybridized carbons (Fsp3) is 0.318. The number of hydrogen-bond acceptors (Lipinski definition) is 4. The van der Waals surface area contributed by atoms with E-state index in [4.69, 9.17) is 16.3 Å². The van der Waals surface area contributed by atoms with Crippen LogP contribution in [0.1, 0.15) is 59.5 Å². The molecule has 1 unspecified atom stereocenters. The number of aromatic carboxylic acids is 1. The lowest BCUT2D eigenvalue weighted by Crippen LogP contribution is -2.36. The SMILES string of the molecule is CC(C)(C)OC(=O)NCCC(NC(=O)c1ccccc1C(=O)O)c1cccc(Cl)c1. The Labute approximate surface area is 180 Å². The van der Waals surface area contributed by atoms with Crippen LogP contribution in [0.15, 0.2) is 48.5 Å². The minimum absolute atomic E-state index is 0.0529. The van der Waals surface area contributed by atoms with Crippen molar-refractivity contribution in [2.45, 2.75) is 38.8 Å². The molecule has 2 aromatic carbocycles. The predicted molar refractivity (Wildman–Crippen MR) is 114 cm³/mol. The zero-order valence-electron chi connectivity index (χ0n) is 17.1. The molecular formula is C22H25ClN2O5. The minimum atomic E-state index is -1.19. The van der Waals surface area contributed by atoms with Crippen LogP contribution >= 0.6 is 11.6 Å². The molecule has 0 aliphatic heterocycles. The molecule has 3 N–H and O–H groups in total. The minimum Gasteiger partial charge on any atom is -0.478 e. The van der Waals surface area contributed by atoms with Crippen LogP contribution in [0.4, 0.5) is 4.79 Å². The third-order valence-electron chi connectivity index (χ3n) is 4.06. The molecule has 0 saturated carbocycles. The topological polar surface area (TPSA) is 105 Å². The summed E-state index contributed by atoms with van der Waals surface area (Å²) >= 11 is 6.09. The molecule has 0 aromatic heterocycles. The monoisotopic (exact) mass is 432 g/mol. The van der Waals surface area contributed by atoms with Crippen molar-refractivity contribution in [2.24, 2.45) is 0 Å². The number of ether oxygens (including phenoxy) is 1. The number of carbonyl (C=O) groups is 3. The van der Waals surface area contributed by atoms with Crippen molar-refractivity contribution < 1.29 is 24.2 Å². The molecule has 0 spiro atoms. The van der Waals surface area contributed by atoms with Gasteiger partial charge in [0.05, 0.1) is 17.2 Å². The van der Waals surface area contributed by atoms with Crippen LogP contribution in [0, 0.1) is 0 Å². The first-order valence-corrected chi connectivity index (χ1v) is 9.80. The van der Waals surface area contributed by atoms with Gasteiger partial charge in [0.25, 0.3) is 5.91 Å². The number of rotatable bonds is 7. The highest BCUT2D eigenvalue weighted by Gasteiger charge is 2.21. The maximum atomic E-state index is 12.8. The van der Waals surface area contributed by atoms with E-state index in [2.05, 4.69) is 10.6 Å². The van der Waals surface area contributed by atoms with Crippen molar-refractivity contribution in [3.8, 4) is 0 Å². The molecule has 0 radical (unpaired) electrons. The summed E-state index contributed by atoms with van der Waals surface area (Å²) in [4.78, 5) is 36.1. The summed E-state index contributed by atoms with van der Waals surface area (Å²) < 4.78 is 5.21.